The lowest BCUT2D eigenvalue weighted by molar-refractivity contribution is 0.0864. The van der Waals surface area contributed by atoms with Gasteiger partial charge in [-0.1, -0.05) is 43.2 Å². The summed E-state index contributed by atoms with van der Waals surface area (Å²) < 4.78 is 0. The zero-order chi connectivity index (χ0) is 13.7. The summed E-state index contributed by atoms with van der Waals surface area (Å²) in [5, 5.41) is 3.53. The van der Waals surface area contributed by atoms with E-state index in [1.165, 1.54) is 44.3 Å². The molecule has 1 aromatic rings. The van der Waals surface area contributed by atoms with Crippen LogP contribution in [0.5, 0.6) is 0 Å². The molecule has 1 aliphatic rings. The van der Waals surface area contributed by atoms with Crippen LogP contribution in [0, 0.1) is 0 Å². The van der Waals surface area contributed by atoms with Gasteiger partial charge in [-0.15, -0.1) is 0 Å². The molecule has 0 aliphatic carbocycles. The van der Waals surface area contributed by atoms with Crippen LogP contribution in [0.15, 0.2) is 30.3 Å². The number of hydrogen-bond acceptors (Lipinski definition) is 2. The lowest BCUT2D eigenvalue weighted by atomic mass is 9.86. The monoisotopic (exact) mass is 260 g/mol. The number of benzene rings is 1. The highest BCUT2D eigenvalue weighted by Gasteiger charge is 2.35. The molecule has 2 nitrogen and oxygen atoms in total. The molecule has 0 spiro atoms. The topological polar surface area (TPSA) is 15.3 Å². The number of nitrogens with one attached hydrogen (secondary N) is 1. The van der Waals surface area contributed by atoms with Gasteiger partial charge in [0.15, 0.2) is 0 Å². The maximum atomic E-state index is 3.53. The van der Waals surface area contributed by atoms with Crippen molar-refractivity contribution in [1.29, 1.82) is 0 Å². The van der Waals surface area contributed by atoms with Crippen molar-refractivity contribution in [3.05, 3.63) is 35.9 Å². The van der Waals surface area contributed by atoms with Crippen molar-refractivity contribution in [3.63, 3.8) is 0 Å². The van der Waals surface area contributed by atoms with E-state index in [4.69, 9.17) is 0 Å². The normalized spacial score (nSPS) is 19.9. The van der Waals surface area contributed by atoms with Crippen molar-refractivity contribution in [2.45, 2.75) is 51.1 Å². The fraction of sp³-hybridized carbons (Fsp3) is 0.647. The summed E-state index contributed by atoms with van der Waals surface area (Å²) in [6, 6.07) is 11.2. The molecule has 0 amide bonds. The molecule has 106 valence electrons. The molecule has 1 N–H and O–H groups in total. The first-order valence-electron chi connectivity index (χ1n) is 7.63. The van der Waals surface area contributed by atoms with Crippen LogP contribution in [0.4, 0.5) is 0 Å². The SMILES string of the molecule is CNC(c1ccccc1)C(C)(C)N1CCCCCC1. The highest BCUT2D eigenvalue weighted by molar-refractivity contribution is 5.22. The number of likely N-dealkylation sites (N-methyl/N-ethyl adjacent to an activating group) is 1. The van der Waals surface area contributed by atoms with Gasteiger partial charge in [0.2, 0.25) is 0 Å². The number of hydrogen-bond donors (Lipinski definition) is 1. The van der Waals surface area contributed by atoms with Crippen molar-refractivity contribution >= 4 is 0 Å². The van der Waals surface area contributed by atoms with Crippen molar-refractivity contribution in [2.24, 2.45) is 0 Å². The Bertz CT molecular complexity index is 364. The second-order valence-corrected chi connectivity index (χ2v) is 6.19. The van der Waals surface area contributed by atoms with Crippen LogP contribution in [-0.2, 0) is 0 Å². The fourth-order valence-electron chi connectivity index (χ4n) is 3.40. The Morgan fingerprint density at radius 2 is 1.58 bits per heavy atom. The van der Waals surface area contributed by atoms with Gasteiger partial charge in [0.25, 0.3) is 0 Å². The summed E-state index contributed by atoms with van der Waals surface area (Å²) in [7, 11) is 2.08. The summed E-state index contributed by atoms with van der Waals surface area (Å²) in [4.78, 5) is 2.67. The van der Waals surface area contributed by atoms with E-state index in [9.17, 15) is 0 Å². The quantitative estimate of drug-likeness (QED) is 0.890. The zero-order valence-electron chi connectivity index (χ0n) is 12.7. The Hall–Kier alpha value is -0.860. The zero-order valence-corrected chi connectivity index (χ0v) is 12.7. The van der Waals surface area contributed by atoms with E-state index in [0.717, 1.165) is 0 Å². The molecule has 19 heavy (non-hydrogen) atoms. The first-order valence-corrected chi connectivity index (χ1v) is 7.63. The average molecular weight is 260 g/mol. The van der Waals surface area contributed by atoms with E-state index in [1.54, 1.807) is 0 Å². The highest BCUT2D eigenvalue weighted by atomic mass is 15.2. The molecule has 2 rings (SSSR count). The number of nitrogens with zero attached hydrogens (tertiary/aromatic N) is 1. The largest absolute Gasteiger partial charge is 0.311 e. The van der Waals surface area contributed by atoms with Crippen molar-refractivity contribution in [2.75, 3.05) is 20.1 Å². The minimum atomic E-state index is 0.153. The molecule has 0 radical (unpaired) electrons. The van der Waals surface area contributed by atoms with Crippen LogP contribution in [0.2, 0.25) is 0 Å². The van der Waals surface area contributed by atoms with Crippen LogP contribution in [0.1, 0.15) is 51.1 Å². The van der Waals surface area contributed by atoms with E-state index in [1.807, 2.05) is 0 Å². The molecule has 0 bridgehead atoms. The molecule has 1 aromatic carbocycles. The van der Waals surface area contributed by atoms with E-state index < -0.39 is 0 Å². The molecule has 1 heterocycles. The predicted octanol–water partition coefficient (Wildman–Crippen LogP) is 3.60. The Morgan fingerprint density at radius 1 is 1.00 bits per heavy atom. The van der Waals surface area contributed by atoms with Crippen LogP contribution < -0.4 is 5.32 Å². The molecule has 1 aliphatic heterocycles. The van der Waals surface area contributed by atoms with E-state index >= 15 is 0 Å². The van der Waals surface area contributed by atoms with Crippen molar-refractivity contribution < 1.29 is 0 Å². The summed E-state index contributed by atoms with van der Waals surface area (Å²) in [5.41, 5.74) is 1.54. The standard InChI is InChI=1S/C17H28N2/c1-17(2,19-13-9-4-5-10-14-19)16(18-3)15-11-7-6-8-12-15/h6-8,11-12,16,18H,4-5,9-10,13-14H2,1-3H3. The Kier molecular flexibility index (Phi) is 5.00. The first kappa shape index (κ1) is 14.5. The molecule has 1 unspecified atom stereocenters. The molecule has 0 saturated carbocycles. The second-order valence-electron chi connectivity index (χ2n) is 6.19. The molecule has 1 atom stereocenters. The molecule has 0 aromatic heterocycles. The Balaban J connectivity index is 2.19. The van der Waals surface area contributed by atoms with Crippen molar-refractivity contribution in [1.82, 2.24) is 10.2 Å². The van der Waals surface area contributed by atoms with Gasteiger partial charge in [-0.25, -0.2) is 0 Å². The Morgan fingerprint density at radius 3 is 2.11 bits per heavy atom. The molecular formula is C17H28N2. The molecular weight excluding hydrogens is 232 g/mol. The van der Waals surface area contributed by atoms with Crippen LogP contribution in [0.25, 0.3) is 0 Å². The van der Waals surface area contributed by atoms with Crippen LogP contribution in [0.3, 0.4) is 0 Å². The maximum Gasteiger partial charge on any atom is 0.0499 e. The third-order valence-corrected chi connectivity index (χ3v) is 4.55. The van der Waals surface area contributed by atoms with Gasteiger partial charge in [-0.05, 0) is 52.4 Å². The summed E-state index contributed by atoms with van der Waals surface area (Å²) in [5.74, 6) is 0. The Labute approximate surface area is 118 Å². The minimum absolute atomic E-state index is 0.153. The predicted molar refractivity (Wildman–Crippen MR) is 82.4 cm³/mol. The summed E-state index contributed by atoms with van der Waals surface area (Å²) in [6.45, 7) is 7.23. The van der Waals surface area contributed by atoms with Gasteiger partial charge < -0.3 is 5.32 Å². The minimum Gasteiger partial charge on any atom is -0.311 e. The third-order valence-electron chi connectivity index (χ3n) is 4.55. The van der Waals surface area contributed by atoms with Crippen molar-refractivity contribution in [3.8, 4) is 0 Å². The van der Waals surface area contributed by atoms with Gasteiger partial charge >= 0.3 is 0 Å². The summed E-state index contributed by atoms with van der Waals surface area (Å²) in [6.07, 6.45) is 5.47. The van der Waals surface area contributed by atoms with Gasteiger partial charge in [-0.2, -0.15) is 0 Å². The summed E-state index contributed by atoms with van der Waals surface area (Å²) >= 11 is 0. The van der Waals surface area contributed by atoms with Crippen LogP contribution >= 0.6 is 0 Å². The molecule has 1 fully saturated rings. The third kappa shape index (κ3) is 3.37. The van der Waals surface area contributed by atoms with E-state index in [2.05, 4.69) is 61.4 Å². The molecule has 2 heteroatoms. The smallest absolute Gasteiger partial charge is 0.0499 e. The first-order chi connectivity index (χ1) is 9.16. The number of rotatable bonds is 4. The van der Waals surface area contributed by atoms with Gasteiger partial charge in [-0.3, -0.25) is 4.90 Å². The number of likely N-dealkylation sites (tertiary alicyclic amines) is 1. The van der Waals surface area contributed by atoms with Crippen LogP contribution in [-0.4, -0.2) is 30.6 Å². The molecule has 1 saturated heterocycles. The highest BCUT2D eigenvalue weighted by Crippen LogP contribution is 2.32. The van der Waals surface area contributed by atoms with E-state index in [0.29, 0.717) is 6.04 Å². The lowest BCUT2D eigenvalue weighted by Crippen LogP contribution is -2.52. The lowest BCUT2D eigenvalue weighted by Gasteiger charge is -2.44. The average Bonchev–Trinajstić information content (AvgIpc) is 2.70. The maximum absolute atomic E-state index is 3.53. The van der Waals surface area contributed by atoms with E-state index in [-0.39, 0.29) is 5.54 Å². The fourth-order valence-corrected chi connectivity index (χ4v) is 3.40. The second kappa shape index (κ2) is 6.53. The van der Waals surface area contributed by atoms with Gasteiger partial charge in [0.05, 0.1) is 0 Å². The van der Waals surface area contributed by atoms with Gasteiger partial charge in [0, 0.05) is 11.6 Å². The van der Waals surface area contributed by atoms with Gasteiger partial charge in [0.1, 0.15) is 0 Å².